The van der Waals surface area contributed by atoms with Crippen molar-refractivity contribution in [3.8, 4) is 0 Å². The van der Waals surface area contributed by atoms with Crippen molar-refractivity contribution in [3.05, 3.63) is 11.8 Å². The Kier molecular flexibility index (Phi) is 2.81. The van der Waals surface area contributed by atoms with Crippen LogP contribution in [0.3, 0.4) is 0 Å². The van der Waals surface area contributed by atoms with Crippen LogP contribution in [0.25, 0.3) is 0 Å². The number of amides is 2. The summed E-state index contributed by atoms with van der Waals surface area (Å²) >= 11 is 6.10. The molecule has 2 amide bonds. The molecule has 0 saturated carbocycles. The molecule has 6 heteroatoms. The lowest BCUT2D eigenvalue weighted by Crippen LogP contribution is -2.31. The van der Waals surface area contributed by atoms with Crippen LogP contribution in [0, 0.1) is 0 Å². The summed E-state index contributed by atoms with van der Waals surface area (Å²) in [5.74, 6) is 0.407. The number of hydrogen-bond donors (Lipinski definition) is 0. The van der Waals surface area contributed by atoms with Crippen LogP contribution < -0.4 is 4.90 Å². The van der Waals surface area contributed by atoms with Crippen LogP contribution in [0.4, 0.5) is 10.7 Å². The zero-order chi connectivity index (χ0) is 12.8. The Morgan fingerprint density at radius 1 is 1.53 bits per heavy atom. The predicted molar refractivity (Wildman–Crippen MR) is 65.3 cm³/mol. The van der Waals surface area contributed by atoms with Crippen molar-refractivity contribution in [2.75, 3.05) is 18.5 Å². The van der Waals surface area contributed by atoms with Gasteiger partial charge in [-0.3, -0.25) is 0 Å². The number of carbonyl (C=O) groups excluding carboxylic acids is 1. The standard InChI is InChI=1S/C11H16ClN3O2/c1-11(2,3)7-5-9(17-13-7)15-8(12)6-14(4)10(15)16/h5,8H,6H2,1-4H3. The zero-order valence-corrected chi connectivity index (χ0v) is 11.2. The van der Waals surface area contributed by atoms with E-state index in [2.05, 4.69) is 5.16 Å². The Bertz CT molecular complexity index is 438. The molecule has 1 saturated heterocycles. The molecule has 0 aliphatic carbocycles. The molecule has 1 aromatic heterocycles. The van der Waals surface area contributed by atoms with E-state index < -0.39 is 5.50 Å². The first-order chi connectivity index (χ1) is 7.80. The van der Waals surface area contributed by atoms with Crippen LogP contribution in [0.2, 0.25) is 0 Å². The van der Waals surface area contributed by atoms with E-state index in [0.717, 1.165) is 5.69 Å². The van der Waals surface area contributed by atoms with Crippen molar-refractivity contribution >= 4 is 23.5 Å². The highest BCUT2D eigenvalue weighted by Gasteiger charge is 2.37. The zero-order valence-electron chi connectivity index (χ0n) is 10.4. The highest BCUT2D eigenvalue weighted by atomic mass is 35.5. The minimum absolute atomic E-state index is 0.113. The molecule has 0 aromatic carbocycles. The Morgan fingerprint density at radius 3 is 2.59 bits per heavy atom. The fourth-order valence-corrected chi connectivity index (χ4v) is 2.04. The molecule has 1 unspecified atom stereocenters. The fourth-order valence-electron chi connectivity index (χ4n) is 1.65. The number of anilines is 1. The quantitative estimate of drug-likeness (QED) is 0.573. The first-order valence-corrected chi connectivity index (χ1v) is 5.90. The smallest absolute Gasteiger partial charge is 0.328 e. The van der Waals surface area contributed by atoms with Crippen molar-refractivity contribution < 1.29 is 9.32 Å². The lowest BCUT2D eigenvalue weighted by Gasteiger charge is -2.14. The Hall–Kier alpha value is -1.23. The maximum atomic E-state index is 11.9. The van der Waals surface area contributed by atoms with Crippen molar-refractivity contribution in [3.63, 3.8) is 0 Å². The van der Waals surface area contributed by atoms with Gasteiger partial charge in [-0.25, -0.2) is 9.69 Å². The van der Waals surface area contributed by atoms with Crippen LogP contribution in [0.1, 0.15) is 26.5 Å². The highest BCUT2D eigenvalue weighted by molar-refractivity contribution is 6.25. The van der Waals surface area contributed by atoms with Gasteiger partial charge in [0.2, 0.25) is 5.88 Å². The molecular weight excluding hydrogens is 242 g/mol. The van der Waals surface area contributed by atoms with Crippen LogP contribution in [0.5, 0.6) is 0 Å². The molecule has 1 aliphatic heterocycles. The van der Waals surface area contributed by atoms with Crippen molar-refractivity contribution in [1.82, 2.24) is 10.1 Å². The van der Waals surface area contributed by atoms with Crippen LogP contribution in [-0.2, 0) is 5.41 Å². The third-order valence-corrected chi connectivity index (χ3v) is 3.07. The van der Waals surface area contributed by atoms with Gasteiger partial charge in [0, 0.05) is 18.5 Å². The minimum atomic E-state index is -0.409. The summed E-state index contributed by atoms with van der Waals surface area (Å²) in [6.45, 7) is 6.58. The molecule has 2 rings (SSSR count). The number of nitrogens with zero attached hydrogens (tertiary/aromatic N) is 3. The van der Waals surface area contributed by atoms with E-state index in [1.54, 1.807) is 18.0 Å². The second kappa shape index (κ2) is 3.91. The molecule has 1 aromatic rings. The predicted octanol–water partition coefficient (Wildman–Crippen LogP) is 2.41. The first-order valence-electron chi connectivity index (χ1n) is 5.46. The lowest BCUT2D eigenvalue weighted by molar-refractivity contribution is 0.228. The minimum Gasteiger partial charge on any atom is -0.338 e. The topological polar surface area (TPSA) is 49.6 Å². The third-order valence-electron chi connectivity index (χ3n) is 2.74. The van der Waals surface area contributed by atoms with E-state index in [-0.39, 0.29) is 11.4 Å². The summed E-state index contributed by atoms with van der Waals surface area (Å²) in [6.07, 6.45) is 0. The number of halogens is 1. The van der Waals surface area contributed by atoms with E-state index in [1.807, 2.05) is 20.8 Å². The van der Waals surface area contributed by atoms with Gasteiger partial charge in [-0.1, -0.05) is 37.5 Å². The summed E-state index contributed by atoms with van der Waals surface area (Å²) in [7, 11) is 1.71. The summed E-state index contributed by atoms with van der Waals surface area (Å²) in [4.78, 5) is 14.8. The Balaban J connectivity index is 2.29. The van der Waals surface area contributed by atoms with Gasteiger partial charge in [-0.15, -0.1) is 0 Å². The first kappa shape index (κ1) is 12.2. The van der Waals surface area contributed by atoms with Crippen molar-refractivity contribution in [1.29, 1.82) is 0 Å². The SMILES string of the molecule is CN1CC(Cl)N(c2cc(C(C)(C)C)no2)C1=O. The average molecular weight is 258 g/mol. The van der Waals surface area contributed by atoms with Crippen molar-refractivity contribution in [2.24, 2.45) is 0 Å². The van der Waals surface area contributed by atoms with Crippen LogP contribution in [0.15, 0.2) is 10.6 Å². The number of aromatic nitrogens is 1. The Morgan fingerprint density at radius 2 is 2.18 bits per heavy atom. The lowest BCUT2D eigenvalue weighted by atomic mass is 9.92. The van der Waals surface area contributed by atoms with Gasteiger partial charge in [-0.05, 0) is 0 Å². The van der Waals surface area contributed by atoms with Gasteiger partial charge in [0.05, 0.1) is 12.2 Å². The van der Waals surface area contributed by atoms with Gasteiger partial charge >= 0.3 is 6.03 Å². The maximum Gasteiger partial charge on any atom is 0.328 e. The fraction of sp³-hybridized carbons (Fsp3) is 0.636. The van der Waals surface area contributed by atoms with Gasteiger partial charge in [0.25, 0.3) is 0 Å². The summed E-state index contributed by atoms with van der Waals surface area (Å²) < 4.78 is 5.21. The number of hydrogen-bond acceptors (Lipinski definition) is 3. The highest BCUT2D eigenvalue weighted by Crippen LogP contribution is 2.30. The van der Waals surface area contributed by atoms with Gasteiger partial charge in [-0.2, -0.15) is 0 Å². The second-order valence-corrected chi connectivity index (χ2v) is 5.77. The van der Waals surface area contributed by atoms with E-state index in [1.165, 1.54) is 4.90 Å². The molecule has 0 radical (unpaired) electrons. The summed E-state index contributed by atoms with van der Waals surface area (Å²) in [6, 6.07) is 1.61. The molecule has 5 nitrogen and oxygen atoms in total. The van der Waals surface area contributed by atoms with E-state index >= 15 is 0 Å². The molecule has 1 atom stereocenters. The molecule has 94 valence electrons. The third kappa shape index (κ3) is 2.11. The largest absolute Gasteiger partial charge is 0.338 e. The molecule has 2 heterocycles. The van der Waals surface area contributed by atoms with Gasteiger partial charge < -0.3 is 9.42 Å². The molecule has 0 N–H and O–H groups in total. The van der Waals surface area contributed by atoms with Gasteiger partial charge in [0.1, 0.15) is 5.50 Å². The van der Waals surface area contributed by atoms with Crippen LogP contribution >= 0.6 is 11.6 Å². The molecular formula is C11H16ClN3O2. The molecule has 0 bridgehead atoms. The average Bonchev–Trinajstić information content (AvgIpc) is 2.73. The summed E-state index contributed by atoms with van der Waals surface area (Å²) in [5.41, 5.74) is 0.282. The number of alkyl halides is 1. The van der Waals surface area contributed by atoms with E-state index in [0.29, 0.717) is 12.4 Å². The van der Waals surface area contributed by atoms with Gasteiger partial charge in [0.15, 0.2) is 0 Å². The number of urea groups is 1. The monoisotopic (exact) mass is 257 g/mol. The second-order valence-electron chi connectivity index (χ2n) is 5.27. The van der Waals surface area contributed by atoms with E-state index in [9.17, 15) is 4.79 Å². The number of rotatable bonds is 1. The van der Waals surface area contributed by atoms with Crippen molar-refractivity contribution in [2.45, 2.75) is 31.7 Å². The number of likely N-dealkylation sites (N-methyl/N-ethyl adjacent to an activating group) is 1. The molecule has 1 aliphatic rings. The van der Waals surface area contributed by atoms with Crippen LogP contribution in [-0.4, -0.2) is 35.2 Å². The summed E-state index contributed by atoms with van der Waals surface area (Å²) in [5, 5.41) is 3.98. The molecule has 0 spiro atoms. The molecule has 1 fully saturated rings. The van der Waals surface area contributed by atoms with E-state index in [4.69, 9.17) is 16.1 Å². The Labute approximate surface area is 105 Å². The normalized spacial score (nSPS) is 21.5. The molecule has 17 heavy (non-hydrogen) atoms. The number of carbonyl (C=O) groups is 1. The maximum absolute atomic E-state index is 11.9.